The number of aromatic nitrogens is 2. The summed E-state index contributed by atoms with van der Waals surface area (Å²) in [6.45, 7) is 13.7. The maximum atomic E-state index is 12.2. The minimum Gasteiger partial charge on any atom is -0.362 e. The SMILES string of the molecule is [C-]#[N+]c1cncn1C1=CC[C@H]2[C@@H]3CCC4CCN(S(C)(=O)=O)CC[C@]4(C)[C@H]3CC[C@]12C. The van der Waals surface area contributed by atoms with Crippen LogP contribution in [0.3, 0.4) is 0 Å². The van der Waals surface area contributed by atoms with Crippen LogP contribution in [0.4, 0.5) is 5.82 Å². The van der Waals surface area contributed by atoms with E-state index in [2.05, 4.69) is 29.8 Å². The van der Waals surface area contributed by atoms with E-state index in [0.717, 1.165) is 25.7 Å². The first-order valence-corrected chi connectivity index (χ1v) is 13.6. The minimum absolute atomic E-state index is 0.0913. The van der Waals surface area contributed by atoms with E-state index in [0.29, 0.717) is 42.6 Å². The van der Waals surface area contributed by atoms with Gasteiger partial charge in [-0.2, -0.15) is 0 Å². The van der Waals surface area contributed by atoms with Crippen molar-refractivity contribution in [1.82, 2.24) is 13.9 Å². The molecule has 3 fully saturated rings. The fourth-order valence-corrected chi connectivity index (χ4v) is 8.84. The molecule has 7 heteroatoms. The predicted molar refractivity (Wildman–Crippen MR) is 122 cm³/mol. The molecule has 0 spiro atoms. The van der Waals surface area contributed by atoms with Gasteiger partial charge in [0.25, 0.3) is 5.82 Å². The van der Waals surface area contributed by atoms with Crippen LogP contribution in [0.1, 0.15) is 58.8 Å². The lowest BCUT2D eigenvalue weighted by atomic mass is 9.46. The summed E-state index contributed by atoms with van der Waals surface area (Å²) in [6, 6.07) is 0. The van der Waals surface area contributed by atoms with E-state index < -0.39 is 10.0 Å². The van der Waals surface area contributed by atoms with E-state index in [4.69, 9.17) is 6.57 Å². The van der Waals surface area contributed by atoms with Crippen molar-refractivity contribution in [2.45, 2.75) is 58.8 Å². The van der Waals surface area contributed by atoms with Gasteiger partial charge in [0.2, 0.25) is 10.0 Å². The molecule has 1 aliphatic heterocycles. The number of rotatable bonds is 2. The molecule has 1 saturated heterocycles. The summed E-state index contributed by atoms with van der Waals surface area (Å²) in [7, 11) is -3.12. The second-order valence-corrected chi connectivity index (χ2v) is 12.9. The van der Waals surface area contributed by atoms with Crippen LogP contribution in [0.2, 0.25) is 0 Å². The second-order valence-electron chi connectivity index (χ2n) is 10.9. The van der Waals surface area contributed by atoms with Gasteiger partial charge in [0.15, 0.2) is 6.33 Å². The van der Waals surface area contributed by atoms with Gasteiger partial charge in [0.1, 0.15) is 0 Å². The molecule has 0 amide bonds. The molecule has 1 unspecified atom stereocenters. The Bertz CT molecular complexity index is 1050. The largest absolute Gasteiger partial charge is 0.362 e. The van der Waals surface area contributed by atoms with Crippen molar-refractivity contribution in [3.05, 3.63) is 30.0 Å². The summed E-state index contributed by atoms with van der Waals surface area (Å²) in [5.41, 5.74) is 1.59. The maximum Gasteiger partial charge on any atom is 0.254 e. The smallest absolute Gasteiger partial charge is 0.254 e. The van der Waals surface area contributed by atoms with E-state index in [1.165, 1.54) is 31.2 Å². The molecule has 6 nitrogen and oxygen atoms in total. The molecule has 0 radical (unpaired) electrons. The zero-order valence-corrected chi connectivity index (χ0v) is 19.7. The Morgan fingerprint density at radius 1 is 1.13 bits per heavy atom. The van der Waals surface area contributed by atoms with E-state index in [1.807, 2.05) is 10.9 Å². The van der Waals surface area contributed by atoms with Crippen LogP contribution in [0.15, 0.2) is 18.6 Å². The minimum atomic E-state index is -3.12. The Hall–Kier alpha value is -1.65. The standard InChI is InChI=1S/C24H34N4O2S/c1-23-12-14-27(31(4,29)30)13-10-17(23)5-6-18-19-7-8-21(24(19,2)11-9-20(18)23)28-16-26-15-22(28)25-3/h8,15-20H,5-7,9-14H2,1-2,4H3/t17?,18-,19-,20-,23-,24-/m0/s1. The average Bonchev–Trinajstić information content (AvgIpc) is 3.26. The Kier molecular flexibility index (Phi) is 4.91. The van der Waals surface area contributed by atoms with Gasteiger partial charge in [-0.1, -0.05) is 20.4 Å². The first-order chi connectivity index (χ1) is 14.7. The molecule has 6 atom stereocenters. The normalized spacial score (nSPS) is 40.8. The lowest BCUT2D eigenvalue weighted by molar-refractivity contribution is -0.0799. The zero-order chi connectivity index (χ0) is 22.0. The fourth-order valence-electron chi connectivity index (χ4n) is 7.98. The Labute approximate surface area is 186 Å². The van der Waals surface area contributed by atoms with E-state index >= 15 is 0 Å². The van der Waals surface area contributed by atoms with Crippen LogP contribution in [-0.2, 0) is 10.0 Å². The molecule has 1 aromatic rings. The van der Waals surface area contributed by atoms with Crippen molar-refractivity contribution in [3.8, 4) is 0 Å². The molecule has 2 saturated carbocycles. The van der Waals surface area contributed by atoms with Crippen LogP contribution in [-0.4, -0.2) is 41.6 Å². The van der Waals surface area contributed by atoms with Gasteiger partial charge in [-0.3, -0.25) is 4.57 Å². The second kappa shape index (κ2) is 7.18. The molecule has 2 heterocycles. The number of sulfonamides is 1. The summed E-state index contributed by atoms with van der Waals surface area (Å²) in [5, 5.41) is 0. The molecule has 5 rings (SSSR count). The van der Waals surface area contributed by atoms with Gasteiger partial charge in [-0.05, 0) is 80.1 Å². The molecule has 31 heavy (non-hydrogen) atoms. The highest BCUT2D eigenvalue weighted by Gasteiger charge is 2.59. The number of hydrogen-bond donors (Lipinski definition) is 0. The maximum absolute atomic E-state index is 12.2. The van der Waals surface area contributed by atoms with Gasteiger partial charge < -0.3 is 4.85 Å². The third kappa shape index (κ3) is 3.13. The highest BCUT2D eigenvalue weighted by atomic mass is 32.2. The van der Waals surface area contributed by atoms with Crippen LogP contribution in [0, 0.1) is 41.1 Å². The number of hydrogen-bond acceptors (Lipinski definition) is 3. The van der Waals surface area contributed by atoms with E-state index in [1.54, 1.807) is 10.5 Å². The molecule has 1 aromatic heterocycles. The van der Waals surface area contributed by atoms with Crippen molar-refractivity contribution in [2.24, 2.45) is 34.5 Å². The fraction of sp³-hybridized carbons (Fsp3) is 0.750. The molecule has 168 valence electrons. The number of allylic oxidation sites excluding steroid dienone is 2. The number of fused-ring (bicyclic) bond motifs is 5. The highest BCUT2D eigenvalue weighted by molar-refractivity contribution is 7.88. The van der Waals surface area contributed by atoms with E-state index in [9.17, 15) is 8.42 Å². The molecule has 0 bridgehead atoms. The van der Waals surface area contributed by atoms with Crippen LogP contribution in [0.5, 0.6) is 0 Å². The summed E-state index contributed by atoms with van der Waals surface area (Å²) in [4.78, 5) is 7.93. The van der Waals surface area contributed by atoms with Crippen molar-refractivity contribution >= 4 is 21.5 Å². The zero-order valence-electron chi connectivity index (χ0n) is 18.9. The molecule has 3 aliphatic carbocycles. The van der Waals surface area contributed by atoms with Crippen LogP contribution >= 0.6 is 0 Å². The van der Waals surface area contributed by atoms with Crippen molar-refractivity contribution in [3.63, 3.8) is 0 Å². The molecular weight excluding hydrogens is 408 g/mol. The van der Waals surface area contributed by atoms with Crippen LogP contribution in [0.25, 0.3) is 10.5 Å². The van der Waals surface area contributed by atoms with Crippen molar-refractivity contribution < 1.29 is 8.42 Å². The Morgan fingerprint density at radius 2 is 1.94 bits per heavy atom. The molecule has 0 aromatic carbocycles. The third-order valence-electron chi connectivity index (χ3n) is 9.69. The molecular formula is C24H34N4O2S. The average molecular weight is 443 g/mol. The van der Waals surface area contributed by atoms with Gasteiger partial charge in [0, 0.05) is 18.5 Å². The number of nitrogens with zero attached hydrogens (tertiary/aromatic N) is 4. The van der Waals surface area contributed by atoms with Crippen molar-refractivity contribution in [1.29, 1.82) is 0 Å². The Balaban J connectivity index is 1.42. The van der Waals surface area contributed by atoms with E-state index in [-0.39, 0.29) is 10.8 Å². The monoisotopic (exact) mass is 442 g/mol. The summed E-state index contributed by atoms with van der Waals surface area (Å²) >= 11 is 0. The third-order valence-corrected chi connectivity index (χ3v) is 11.0. The van der Waals surface area contributed by atoms with Gasteiger partial charge in [-0.15, -0.1) is 0 Å². The number of imidazole rings is 1. The Morgan fingerprint density at radius 3 is 2.68 bits per heavy atom. The topological polar surface area (TPSA) is 59.6 Å². The van der Waals surface area contributed by atoms with Gasteiger partial charge in [0.05, 0.1) is 18.1 Å². The first kappa shape index (κ1) is 21.2. The summed E-state index contributed by atoms with van der Waals surface area (Å²) in [5.74, 6) is 3.18. The van der Waals surface area contributed by atoms with Gasteiger partial charge >= 0.3 is 0 Å². The summed E-state index contributed by atoms with van der Waals surface area (Å²) in [6.07, 6.45) is 15.1. The summed E-state index contributed by atoms with van der Waals surface area (Å²) < 4.78 is 28.2. The van der Waals surface area contributed by atoms with Gasteiger partial charge in [-0.25, -0.2) is 17.7 Å². The molecule has 4 aliphatic rings. The van der Waals surface area contributed by atoms with Crippen LogP contribution < -0.4 is 0 Å². The molecule has 0 N–H and O–H groups in total. The first-order valence-electron chi connectivity index (χ1n) is 11.7. The quantitative estimate of drug-likeness (QED) is 0.618. The lowest BCUT2D eigenvalue weighted by Crippen LogP contribution is -2.51. The van der Waals surface area contributed by atoms with Crippen molar-refractivity contribution in [2.75, 3.05) is 19.3 Å². The lowest BCUT2D eigenvalue weighted by Gasteiger charge is -2.58. The highest BCUT2D eigenvalue weighted by Crippen LogP contribution is 2.66. The predicted octanol–water partition coefficient (Wildman–Crippen LogP) is 4.80.